The van der Waals surface area contributed by atoms with Gasteiger partial charge in [0.2, 0.25) is 5.91 Å². The van der Waals surface area contributed by atoms with Crippen LogP contribution in [-0.2, 0) is 4.79 Å². The highest BCUT2D eigenvalue weighted by atomic mass is 16.2. The molecule has 20 heavy (non-hydrogen) atoms. The van der Waals surface area contributed by atoms with Crippen molar-refractivity contribution in [1.29, 1.82) is 0 Å². The number of hydrogen-bond acceptors (Lipinski definition) is 3. The average Bonchev–Trinajstić information content (AvgIpc) is 2.36. The Kier molecular flexibility index (Phi) is 5.13. The lowest BCUT2D eigenvalue weighted by atomic mass is 9.92. The number of carbonyl (C=O) groups is 2. The molecule has 5 nitrogen and oxygen atoms in total. The van der Waals surface area contributed by atoms with Crippen LogP contribution in [0.2, 0.25) is 0 Å². The van der Waals surface area contributed by atoms with E-state index in [4.69, 9.17) is 5.73 Å². The fourth-order valence-electron chi connectivity index (χ4n) is 1.68. The first kappa shape index (κ1) is 16.0. The molecule has 2 amide bonds. The Bertz CT molecular complexity index is 510. The lowest BCUT2D eigenvalue weighted by Gasteiger charge is -2.21. The van der Waals surface area contributed by atoms with E-state index in [-0.39, 0.29) is 12.5 Å². The molecule has 0 aliphatic heterocycles. The van der Waals surface area contributed by atoms with Gasteiger partial charge in [0, 0.05) is 18.8 Å². The van der Waals surface area contributed by atoms with Gasteiger partial charge in [0.05, 0.1) is 11.0 Å². The molecule has 0 unspecified atom stereocenters. The Morgan fingerprint density at radius 1 is 1.30 bits per heavy atom. The van der Waals surface area contributed by atoms with E-state index in [1.165, 1.54) is 0 Å². The smallest absolute Gasteiger partial charge is 0.253 e. The molecule has 110 valence electrons. The maximum absolute atomic E-state index is 12.2. The second-order valence-electron chi connectivity index (χ2n) is 5.51. The van der Waals surface area contributed by atoms with Gasteiger partial charge >= 0.3 is 0 Å². The molecule has 0 fully saturated rings. The van der Waals surface area contributed by atoms with E-state index in [0.717, 1.165) is 17.8 Å². The summed E-state index contributed by atoms with van der Waals surface area (Å²) in [7, 11) is 0. The molecular weight excluding hydrogens is 254 g/mol. The Morgan fingerprint density at radius 2 is 1.95 bits per heavy atom. The molecular formula is C15H23N3O2. The van der Waals surface area contributed by atoms with E-state index in [9.17, 15) is 9.59 Å². The third kappa shape index (κ3) is 3.98. The first-order chi connectivity index (χ1) is 9.27. The summed E-state index contributed by atoms with van der Waals surface area (Å²) in [6, 6.07) is 5.59. The van der Waals surface area contributed by atoms with Gasteiger partial charge in [0.1, 0.15) is 0 Å². The van der Waals surface area contributed by atoms with E-state index in [0.29, 0.717) is 5.56 Å². The predicted octanol–water partition coefficient (Wildman–Crippen LogP) is 1.67. The highest BCUT2D eigenvalue weighted by Crippen LogP contribution is 2.18. The van der Waals surface area contributed by atoms with Gasteiger partial charge in [0.15, 0.2) is 0 Å². The van der Waals surface area contributed by atoms with Crippen LogP contribution in [0, 0.1) is 12.3 Å². The lowest BCUT2D eigenvalue weighted by molar-refractivity contribution is -0.125. The van der Waals surface area contributed by atoms with Crippen molar-refractivity contribution in [3.05, 3.63) is 29.3 Å². The van der Waals surface area contributed by atoms with Crippen LogP contribution in [0.4, 0.5) is 5.69 Å². The molecule has 0 bridgehead atoms. The van der Waals surface area contributed by atoms with Crippen molar-refractivity contribution >= 4 is 17.5 Å². The standard InChI is InChI=1S/C15H23N3O2/c1-5-17-12-8-10(2)6-7-11(12)13(19)18-9-15(3,4)14(16)20/h6-8,17H,5,9H2,1-4H3,(H2,16,20)(H,18,19). The van der Waals surface area contributed by atoms with Gasteiger partial charge in [-0.3, -0.25) is 9.59 Å². The van der Waals surface area contributed by atoms with Crippen molar-refractivity contribution in [2.24, 2.45) is 11.1 Å². The number of amides is 2. The van der Waals surface area contributed by atoms with Crippen molar-refractivity contribution in [2.75, 3.05) is 18.4 Å². The molecule has 5 heteroatoms. The second kappa shape index (κ2) is 6.41. The fraction of sp³-hybridized carbons (Fsp3) is 0.467. The molecule has 0 saturated heterocycles. The summed E-state index contributed by atoms with van der Waals surface area (Å²) in [6.45, 7) is 8.29. The minimum atomic E-state index is -0.765. The van der Waals surface area contributed by atoms with Gasteiger partial charge in [0.25, 0.3) is 5.91 Å². The zero-order valence-corrected chi connectivity index (χ0v) is 12.5. The topological polar surface area (TPSA) is 84.2 Å². The van der Waals surface area contributed by atoms with Crippen LogP contribution in [-0.4, -0.2) is 24.9 Å². The van der Waals surface area contributed by atoms with Gasteiger partial charge < -0.3 is 16.4 Å². The first-order valence-corrected chi connectivity index (χ1v) is 6.70. The molecule has 0 heterocycles. The first-order valence-electron chi connectivity index (χ1n) is 6.70. The lowest BCUT2D eigenvalue weighted by Crippen LogP contribution is -2.42. The molecule has 0 atom stereocenters. The number of nitrogens with two attached hydrogens (primary N) is 1. The zero-order chi connectivity index (χ0) is 15.3. The summed E-state index contributed by atoms with van der Waals surface area (Å²) >= 11 is 0. The van der Waals surface area contributed by atoms with Crippen LogP contribution in [0.15, 0.2) is 18.2 Å². The van der Waals surface area contributed by atoms with Crippen molar-refractivity contribution in [3.63, 3.8) is 0 Å². The minimum absolute atomic E-state index is 0.209. The largest absolute Gasteiger partial charge is 0.385 e. The van der Waals surface area contributed by atoms with Crippen molar-refractivity contribution in [2.45, 2.75) is 27.7 Å². The van der Waals surface area contributed by atoms with E-state index in [1.807, 2.05) is 26.0 Å². The number of anilines is 1. The van der Waals surface area contributed by atoms with Gasteiger partial charge in [-0.05, 0) is 45.4 Å². The Labute approximate surface area is 119 Å². The van der Waals surface area contributed by atoms with Crippen LogP contribution in [0.1, 0.15) is 36.7 Å². The van der Waals surface area contributed by atoms with Gasteiger partial charge in [-0.25, -0.2) is 0 Å². The average molecular weight is 277 g/mol. The van der Waals surface area contributed by atoms with E-state index >= 15 is 0 Å². The van der Waals surface area contributed by atoms with Crippen LogP contribution in [0.3, 0.4) is 0 Å². The second-order valence-corrected chi connectivity index (χ2v) is 5.51. The zero-order valence-electron chi connectivity index (χ0n) is 12.5. The summed E-state index contributed by atoms with van der Waals surface area (Å²) in [6.07, 6.45) is 0. The summed E-state index contributed by atoms with van der Waals surface area (Å²) in [5.74, 6) is -0.649. The maximum Gasteiger partial charge on any atom is 0.253 e. The molecule has 4 N–H and O–H groups in total. The number of nitrogens with one attached hydrogen (secondary N) is 2. The molecule has 0 aliphatic carbocycles. The Balaban J connectivity index is 2.85. The molecule has 0 spiro atoms. The number of benzene rings is 1. The Hall–Kier alpha value is -2.04. The van der Waals surface area contributed by atoms with Crippen molar-refractivity contribution < 1.29 is 9.59 Å². The third-order valence-electron chi connectivity index (χ3n) is 3.14. The summed E-state index contributed by atoms with van der Waals surface area (Å²) < 4.78 is 0. The van der Waals surface area contributed by atoms with E-state index < -0.39 is 11.3 Å². The molecule has 0 aliphatic rings. The molecule has 0 aromatic heterocycles. The molecule has 0 radical (unpaired) electrons. The molecule has 1 rings (SSSR count). The molecule has 1 aromatic carbocycles. The number of rotatable bonds is 6. The fourth-order valence-corrected chi connectivity index (χ4v) is 1.68. The number of primary amides is 1. The van der Waals surface area contributed by atoms with Gasteiger partial charge in [-0.2, -0.15) is 0 Å². The quantitative estimate of drug-likeness (QED) is 0.739. The van der Waals surface area contributed by atoms with Crippen LogP contribution in [0.25, 0.3) is 0 Å². The van der Waals surface area contributed by atoms with E-state index in [2.05, 4.69) is 10.6 Å². The van der Waals surface area contributed by atoms with Crippen LogP contribution in [0.5, 0.6) is 0 Å². The van der Waals surface area contributed by atoms with Crippen LogP contribution >= 0.6 is 0 Å². The number of aryl methyl sites for hydroxylation is 1. The Morgan fingerprint density at radius 3 is 2.50 bits per heavy atom. The monoisotopic (exact) mass is 277 g/mol. The summed E-state index contributed by atoms with van der Waals surface area (Å²) in [4.78, 5) is 23.5. The highest BCUT2D eigenvalue weighted by Gasteiger charge is 2.26. The van der Waals surface area contributed by atoms with Crippen molar-refractivity contribution in [1.82, 2.24) is 5.32 Å². The van der Waals surface area contributed by atoms with Crippen LogP contribution < -0.4 is 16.4 Å². The summed E-state index contributed by atoms with van der Waals surface area (Å²) in [5, 5.41) is 5.92. The third-order valence-corrected chi connectivity index (χ3v) is 3.14. The summed E-state index contributed by atoms with van der Waals surface area (Å²) in [5.41, 5.74) is 6.96. The predicted molar refractivity (Wildman–Crippen MR) is 80.7 cm³/mol. The van der Waals surface area contributed by atoms with Crippen molar-refractivity contribution in [3.8, 4) is 0 Å². The minimum Gasteiger partial charge on any atom is -0.385 e. The molecule has 0 saturated carbocycles. The highest BCUT2D eigenvalue weighted by molar-refractivity contribution is 6.00. The number of carbonyl (C=O) groups excluding carboxylic acids is 2. The normalized spacial score (nSPS) is 11.0. The number of hydrogen-bond donors (Lipinski definition) is 3. The van der Waals surface area contributed by atoms with Gasteiger partial charge in [-0.15, -0.1) is 0 Å². The van der Waals surface area contributed by atoms with Gasteiger partial charge in [-0.1, -0.05) is 6.07 Å². The molecule has 1 aromatic rings. The maximum atomic E-state index is 12.2. The SMILES string of the molecule is CCNc1cc(C)ccc1C(=O)NCC(C)(C)C(N)=O. The van der Waals surface area contributed by atoms with E-state index in [1.54, 1.807) is 19.9 Å².